The Morgan fingerprint density at radius 2 is 2.33 bits per heavy atom. The third-order valence-corrected chi connectivity index (χ3v) is 8.55. The number of esters is 1. The van der Waals surface area contributed by atoms with Crippen LogP contribution in [0.1, 0.15) is 6.92 Å². The molecule has 0 unspecified atom stereocenters. The topological polar surface area (TPSA) is 82.4 Å². The van der Waals surface area contributed by atoms with Gasteiger partial charge in [0.05, 0.1) is 22.8 Å². The first-order chi connectivity index (χ1) is 13.0. The fourth-order valence-electron chi connectivity index (χ4n) is 3.36. The van der Waals surface area contributed by atoms with Gasteiger partial charge >= 0.3 is 5.97 Å². The summed E-state index contributed by atoms with van der Waals surface area (Å²) in [5.74, 6) is -0.145. The quantitative estimate of drug-likeness (QED) is 0.386. The number of aliphatic imine (C=N–C) groups is 1. The third kappa shape index (κ3) is 3.41. The molecule has 146 valence electrons. The summed E-state index contributed by atoms with van der Waals surface area (Å²) in [6, 6.07) is 0. The van der Waals surface area contributed by atoms with Gasteiger partial charge < -0.3 is 14.7 Å². The fourth-order valence-corrected chi connectivity index (χ4v) is 7.59. The number of likely N-dealkylation sites (tertiary alicyclic amines) is 1. The first-order valence-corrected chi connectivity index (χ1v) is 11.5. The van der Waals surface area contributed by atoms with Gasteiger partial charge in [-0.05, 0) is 6.92 Å². The molecule has 0 aromatic rings. The lowest BCUT2D eigenvalue weighted by Gasteiger charge is -2.43. The molecule has 4 aliphatic heterocycles. The average molecular weight is 428 g/mol. The van der Waals surface area contributed by atoms with E-state index in [-0.39, 0.29) is 17.9 Å². The van der Waals surface area contributed by atoms with Crippen molar-refractivity contribution >= 4 is 52.3 Å². The van der Waals surface area contributed by atoms with Crippen molar-refractivity contribution in [2.75, 3.05) is 32.0 Å². The minimum atomic E-state index is -0.738. The monoisotopic (exact) mass is 427 g/mol. The van der Waals surface area contributed by atoms with Crippen molar-refractivity contribution in [1.82, 2.24) is 9.80 Å². The molecule has 3 atom stereocenters. The van der Waals surface area contributed by atoms with E-state index in [9.17, 15) is 14.7 Å². The summed E-state index contributed by atoms with van der Waals surface area (Å²) in [7, 11) is 0. The summed E-state index contributed by atoms with van der Waals surface area (Å²) in [4.78, 5) is 33.2. The summed E-state index contributed by atoms with van der Waals surface area (Å²) in [5.41, 5.74) is 0.324. The van der Waals surface area contributed by atoms with E-state index in [1.54, 1.807) is 30.4 Å². The lowest BCUT2D eigenvalue weighted by molar-refractivity contribution is -0.157. The van der Waals surface area contributed by atoms with Crippen LogP contribution in [0.15, 0.2) is 27.6 Å². The molecule has 0 aromatic carbocycles. The number of carbonyl (C=O) groups is 2. The molecular formula is C17H21N3O4S3. The second-order valence-electron chi connectivity index (χ2n) is 6.66. The highest BCUT2D eigenvalue weighted by Crippen LogP contribution is 2.55. The molecular weight excluding hydrogens is 406 g/mol. The lowest BCUT2D eigenvalue weighted by Crippen LogP contribution is -2.60. The number of hydrogen-bond acceptors (Lipinski definition) is 9. The number of hydrogen-bond donors (Lipinski definition) is 1. The molecule has 27 heavy (non-hydrogen) atoms. The standard InChI is InChI=1S/C17H21N3O4S3/c1-3-5-24-15(23)12-16(27-14-11(9(2)21)13(22)20(12)14)26-10-7-19(8-10)17-18-4-6-25-17/h3,9-11,14,21H,1,4-8H2,2H3/t9-,11-,14+/m1/s1. The predicted octanol–water partition coefficient (Wildman–Crippen LogP) is 1.32. The van der Waals surface area contributed by atoms with E-state index in [1.807, 2.05) is 0 Å². The molecule has 2 saturated heterocycles. The summed E-state index contributed by atoms with van der Waals surface area (Å²) in [5, 5.41) is 11.1. The number of amides is 1. The van der Waals surface area contributed by atoms with Crippen LogP contribution in [0.3, 0.4) is 0 Å². The average Bonchev–Trinajstić information content (AvgIpc) is 3.21. The van der Waals surface area contributed by atoms with Gasteiger partial charge in [0.2, 0.25) is 5.91 Å². The number of carbonyl (C=O) groups excluding carboxylic acids is 2. The largest absolute Gasteiger partial charge is 0.457 e. The van der Waals surface area contributed by atoms with Gasteiger partial charge in [0.15, 0.2) is 10.9 Å². The van der Waals surface area contributed by atoms with Crippen molar-refractivity contribution in [3.05, 3.63) is 22.6 Å². The molecule has 4 aliphatic rings. The van der Waals surface area contributed by atoms with Crippen LogP contribution in [-0.4, -0.2) is 80.7 Å². The van der Waals surface area contributed by atoms with Gasteiger partial charge in [0.1, 0.15) is 12.0 Å². The molecule has 7 nitrogen and oxygen atoms in total. The molecule has 0 bridgehead atoms. The summed E-state index contributed by atoms with van der Waals surface area (Å²) >= 11 is 4.90. The highest BCUT2D eigenvalue weighted by atomic mass is 32.2. The van der Waals surface area contributed by atoms with Crippen molar-refractivity contribution in [3.8, 4) is 0 Å². The van der Waals surface area contributed by atoms with Crippen molar-refractivity contribution in [2.45, 2.75) is 23.7 Å². The number of amidine groups is 1. The second-order valence-corrected chi connectivity index (χ2v) is 10.4. The van der Waals surface area contributed by atoms with E-state index in [1.165, 1.54) is 22.7 Å². The number of nitrogens with zero attached hydrogens (tertiary/aromatic N) is 3. The van der Waals surface area contributed by atoms with E-state index < -0.39 is 18.0 Å². The first kappa shape index (κ1) is 19.2. The normalized spacial score (nSPS) is 28.5. The highest BCUT2D eigenvalue weighted by molar-refractivity contribution is 8.23. The Labute approximate surface area is 170 Å². The maximum atomic E-state index is 12.5. The number of aliphatic hydroxyl groups is 1. The van der Waals surface area contributed by atoms with Gasteiger partial charge in [-0.2, -0.15) is 0 Å². The molecule has 1 N–H and O–H groups in total. The van der Waals surface area contributed by atoms with Crippen LogP contribution in [0.5, 0.6) is 0 Å². The summed E-state index contributed by atoms with van der Waals surface area (Å²) in [6.45, 7) is 7.93. The number of β-lactam (4-membered cyclic amide) rings is 1. The van der Waals surface area contributed by atoms with Gasteiger partial charge in [-0.25, -0.2) is 4.79 Å². The van der Waals surface area contributed by atoms with Gasteiger partial charge in [0.25, 0.3) is 0 Å². The van der Waals surface area contributed by atoms with E-state index >= 15 is 0 Å². The Hall–Kier alpha value is -1.10. The fraction of sp³-hybridized carbons (Fsp3) is 0.588. The van der Waals surface area contributed by atoms with Crippen LogP contribution in [0.2, 0.25) is 0 Å². The van der Waals surface area contributed by atoms with Crippen LogP contribution < -0.4 is 0 Å². The predicted molar refractivity (Wildman–Crippen MR) is 109 cm³/mol. The number of ether oxygens (including phenoxy) is 1. The Bertz CT molecular complexity index is 733. The van der Waals surface area contributed by atoms with Crippen LogP contribution in [0.4, 0.5) is 0 Å². The molecule has 0 aliphatic carbocycles. The molecule has 0 saturated carbocycles. The Morgan fingerprint density at radius 1 is 1.56 bits per heavy atom. The molecule has 2 fully saturated rings. The molecule has 4 heterocycles. The van der Waals surface area contributed by atoms with Crippen LogP contribution in [0, 0.1) is 5.92 Å². The van der Waals surface area contributed by atoms with Gasteiger partial charge in [-0.15, -0.1) is 11.8 Å². The first-order valence-electron chi connectivity index (χ1n) is 8.80. The molecule has 1 amide bonds. The molecule has 0 radical (unpaired) electrons. The minimum absolute atomic E-state index is 0.103. The zero-order chi connectivity index (χ0) is 19.1. The zero-order valence-electron chi connectivity index (χ0n) is 14.9. The Kier molecular flexibility index (Phi) is 5.50. The maximum absolute atomic E-state index is 12.5. The molecule has 10 heteroatoms. The second kappa shape index (κ2) is 7.73. The number of thioether (sulfide) groups is 3. The Morgan fingerprint density at radius 3 is 2.96 bits per heavy atom. The SMILES string of the molecule is C=CCOC(=O)C1=C(SC2CN(C3=NCCS3)C2)S[C@H]2[C@H]([C@@H](C)O)C(=O)N12. The van der Waals surface area contributed by atoms with Gasteiger partial charge in [-0.3, -0.25) is 14.7 Å². The van der Waals surface area contributed by atoms with E-state index in [0.717, 1.165) is 34.8 Å². The number of fused-ring (bicyclic) bond motifs is 1. The van der Waals surface area contributed by atoms with Crippen LogP contribution >= 0.6 is 35.3 Å². The zero-order valence-corrected chi connectivity index (χ0v) is 17.3. The van der Waals surface area contributed by atoms with E-state index in [2.05, 4.69) is 16.5 Å². The van der Waals surface area contributed by atoms with Gasteiger partial charge in [0, 0.05) is 24.1 Å². The molecule has 4 rings (SSSR count). The molecule has 0 aromatic heterocycles. The summed E-state index contributed by atoms with van der Waals surface area (Å²) in [6.07, 6.45) is 0.767. The highest BCUT2D eigenvalue weighted by Gasteiger charge is 2.58. The van der Waals surface area contributed by atoms with Crippen molar-refractivity contribution < 1.29 is 19.4 Å². The number of aliphatic hydroxyl groups excluding tert-OH is 1. The van der Waals surface area contributed by atoms with Crippen molar-refractivity contribution in [3.63, 3.8) is 0 Å². The van der Waals surface area contributed by atoms with E-state index in [4.69, 9.17) is 4.74 Å². The van der Waals surface area contributed by atoms with Crippen molar-refractivity contribution in [1.29, 1.82) is 0 Å². The van der Waals surface area contributed by atoms with Crippen molar-refractivity contribution in [2.24, 2.45) is 10.9 Å². The van der Waals surface area contributed by atoms with E-state index in [0.29, 0.717) is 10.9 Å². The number of rotatable bonds is 6. The van der Waals surface area contributed by atoms with Crippen LogP contribution in [0.25, 0.3) is 0 Å². The summed E-state index contributed by atoms with van der Waals surface area (Å²) < 4.78 is 6.02. The Balaban J connectivity index is 1.46. The lowest BCUT2D eigenvalue weighted by atomic mass is 9.92. The minimum Gasteiger partial charge on any atom is -0.457 e. The third-order valence-electron chi connectivity index (χ3n) is 4.75. The smallest absolute Gasteiger partial charge is 0.357 e. The maximum Gasteiger partial charge on any atom is 0.357 e. The van der Waals surface area contributed by atoms with Crippen LogP contribution in [-0.2, 0) is 14.3 Å². The molecule has 0 spiro atoms. The van der Waals surface area contributed by atoms with Gasteiger partial charge in [-0.1, -0.05) is 36.2 Å².